The number of likely N-dealkylation sites (tertiary alicyclic amines) is 1. The largest absolute Gasteiger partial charge is 0.381 e. The summed E-state index contributed by atoms with van der Waals surface area (Å²) in [6.07, 6.45) is 8.66. The number of nitrogens with zero attached hydrogens (tertiary/aromatic N) is 1. The van der Waals surface area contributed by atoms with Gasteiger partial charge in [-0.2, -0.15) is 0 Å². The molecule has 2 unspecified atom stereocenters. The summed E-state index contributed by atoms with van der Waals surface area (Å²) < 4.78 is 11.6. The Morgan fingerprint density at radius 1 is 1.14 bits per heavy atom. The van der Waals surface area contributed by atoms with Gasteiger partial charge in [0, 0.05) is 38.4 Å². The summed E-state index contributed by atoms with van der Waals surface area (Å²) in [5, 5.41) is 3.88. The lowest BCUT2D eigenvalue weighted by Gasteiger charge is -2.44. The summed E-state index contributed by atoms with van der Waals surface area (Å²) in [5.41, 5.74) is 0.110. The molecule has 122 valence electrons. The second-order valence-electron chi connectivity index (χ2n) is 7.26. The number of ether oxygens (including phenoxy) is 2. The predicted octanol–water partition coefficient (Wildman–Crippen LogP) is 2.18. The van der Waals surface area contributed by atoms with Crippen molar-refractivity contribution in [2.75, 3.05) is 39.5 Å². The Kier molecular flexibility index (Phi) is 5.54. The van der Waals surface area contributed by atoms with E-state index in [0.29, 0.717) is 12.1 Å². The van der Waals surface area contributed by atoms with Crippen molar-refractivity contribution in [1.82, 2.24) is 10.2 Å². The predicted molar refractivity (Wildman–Crippen MR) is 84.6 cm³/mol. The van der Waals surface area contributed by atoms with E-state index in [9.17, 15) is 0 Å². The summed E-state index contributed by atoms with van der Waals surface area (Å²) >= 11 is 0. The van der Waals surface area contributed by atoms with E-state index in [1.807, 2.05) is 0 Å². The zero-order valence-corrected chi connectivity index (χ0v) is 13.6. The number of hydrogen-bond acceptors (Lipinski definition) is 4. The van der Waals surface area contributed by atoms with Gasteiger partial charge in [-0.15, -0.1) is 0 Å². The van der Waals surface area contributed by atoms with E-state index in [1.165, 1.54) is 45.3 Å². The van der Waals surface area contributed by atoms with Crippen molar-refractivity contribution in [3.63, 3.8) is 0 Å². The molecule has 21 heavy (non-hydrogen) atoms. The SMILES string of the molecule is CC(CN1CCCCC1)NC1CCOC2(CCOCC2)C1. The van der Waals surface area contributed by atoms with Crippen molar-refractivity contribution in [2.24, 2.45) is 0 Å². The number of rotatable bonds is 4. The van der Waals surface area contributed by atoms with Crippen LogP contribution in [-0.2, 0) is 9.47 Å². The van der Waals surface area contributed by atoms with Gasteiger partial charge >= 0.3 is 0 Å². The second kappa shape index (κ2) is 7.40. The summed E-state index contributed by atoms with van der Waals surface area (Å²) in [6, 6.07) is 1.21. The lowest BCUT2D eigenvalue weighted by molar-refractivity contribution is -0.140. The maximum absolute atomic E-state index is 6.14. The molecule has 3 aliphatic heterocycles. The summed E-state index contributed by atoms with van der Waals surface area (Å²) in [6.45, 7) is 8.79. The monoisotopic (exact) mass is 296 g/mol. The molecule has 3 aliphatic rings. The number of hydrogen-bond donors (Lipinski definition) is 1. The van der Waals surface area contributed by atoms with Crippen molar-refractivity contribution >= 4 is 0 Å². The molecule has 4 heteroatoms. The Balaban J connectivity index is 1.45. The Hall–Kier alpha value is -0.160. The molecule has 3 fully saturated rings. The normalized spacial score (nSPS) is 32.1. The maximum atomic E-state index is 6.14. The van der Waals surface area contributed by atoms with Crippen LogP contribution in [-0.4, -0.2) is 62.0 Å². The molecular formula is C17H32N2O2. The van der Waals surface area contributed by atoms with Crippen molar-refractivity contribution in [3.8, 4) is 0 Å². The third-order valence-electron chi connectivity index (χ3n) is 5.40. The van der Waals surface area contributed by atoms with Gasteiger partial charge in [-0.05, 0) is 58.5 Å². The molecule has 0 aliphatic carbocycles. The van der Waals surface area contributed by atoms with Gasteiger partial charge in [0.15, 0.2) is 0 Å². The zero-order chi connectivity index (χ0) is 14.5. The van der Waals surface area contributed by atoms with Crippen molar-refractivity contribution < 1.29 is 9.47 Å². The molecule has 3 rings (SSSR count). The van der Waals surface area contributed by atoms with Gasteiger partial charge in [0.05, 0.1) is 5.60 Å². The summed E-state index contributed by atoms with van der Waals surface area (Å²) in [4.78, 5) is 2.63. The van der Waals surface area contributed by atoms with Crippen molar-refractivity contribution in [3.05, 3.63) is 0 Å². The molecule has 1 N–H and O–H groups in total. The fourth-order valence-electron chi connectivity index (χ4n) is 4.25. The highest BCUT2D eigenvalue weighted by molar-refractivity contribution is 4.92. The molecule has 0 aromatic heterocycles. The lowest BCUT2D eigenvalue weighted by Crippen LogP contribution is -2.53. The number of nitrogens with one attached hydrogen (secondary N) is 1. The molecule has 0 radical (unpaired) electrons. The van der Waals surface area contributed by atoms with Crippen LogP contribution in [0.3, 0.4) is 0 Å². The molecular weight excluding hydrogens is 264 g/mol. The van der Waals surface area contributed by atoms with E-state index >= 15 is 0 Å². The van der Waals surface area contributed by atoms with Crippen LogP contribution in [0.15, 0.2) is 0 Å². The Labute approximate surface area is 129 Å². The molecule has 0 aromatic rings. The molecule has 1 spiro atoms. The maximum Gasteiger partial charge on any atom is 0.0741 e. The molecule has 4 nitrogen and oxygen atoms in total. The van der Waals surface area contributed by atoms with Gasteiger partial charge in [-0.3, -0.25) is 0 Å². The highest BCUT2D eigenvalue weighted by Gasteiger charge is 2.39. The number of piperidine rings is 1. The third kappa shape index (κ3) is 4.41. The van der Waals surface area contributed by atoms with Crippen molar-refractivity contribution in [1.29, 1.82) is 0 Å². The van der Waals surface area contributed by atoms with Crippen LogP contribution < -0.4 is 5.32 Å². The van der Waals surface area contributed by atoms with Gasteiger partial charge in [0.25, 0.3) is 0 Å². The lowest BCUT2D eigenvalue weighted by atomic mass is 9.84. The molecule has 0 amide bonds. The Bertz CT molecular complexity index is 306. The topological polar surface area (TPSA) is 33.7 Å². The van der Waals surface area contributed by atoms with Crippen LogP contribution in [0.25, 0.3) is 0 Å². The van der Waals surface area contributed by atoms with E-state index in [4.69, 9.17) is 9.47 Å². The minimum Gasteiger partial charge on any atom is -0.381 e. The average Bonchev–Trinajstić information content (AvgIpc) is 2.49. The van der Waals surface area contributed by atoms with E-state index in [2.05, 4.69) is 17.1 Å². The minimum atomic E-state index is 0.110. The zero-order valence-electron chi connectivity index (χ0n) is 13.6. The van der Waals surface area contributed by atoms with Crippen LogP contribution in [0.5, 0.6) is 0 Å². The summed E-state index contributed by atoms with van der Waals surface area (Å²) in [5.74, 6) is 0. The second-order valence-corrected chi connectivity index (χ2v) is 7.26. The first-order valence-corrected chi connectivity index (χ1v) is 8.96. The highest BCUT2D eigenvalue weighted by atomic mass is 16.5. The summed E-state index contributed by atoms with van der Waals surface area (Å²) in [7, 11) is 0. The quantitative estimate of drug-likeness (QED) is 0.862. The van der Waals surface area contributed by atoms with Crippen LogP contribution in [0.1, 0.15) is 51.9 Å². The smallest absolute Gasteiger partial charge is 0.0741 e. The first-order chi connectivity index (χ1) is 10.3. The Morgan fingerprint density at radius 3 is 2.67 bits per heavy atom. The van der Waals surface area contributed by atoms with Crippen LogP contribution in [0.4, 0.5) is 0 Å². The molecule has 0 saturated carbocycles. The molecule has 3 heterocycles. The van der Waals surface area contributed by atoms with Gasteiger partial charge in [0.1, 0.15) is 0 Å². The van der Waals surface area contributed by atoms with Gasteiger partial charge < -0.3 is 19.7 Å². The molecule has 0 aromatic carbocycles. The fourth-order valence-corrected chi connectivity index (χ4v) is 4.25. The van der Waals surface area contributed by atoms with Crippen LogP contribution in [0, 0.1) is 0 Å². The molecule has 2 atom stereocenters. The van der Waals surface area contributed by atoms with Crippen molar-refractivity contribution in [2.45, 2.75) is 69.6 Å². The Morgan fingerprint density at radius 2 is 1.90 bits per heavy atom. The van der Waals surface area contributed by atoms with E-state index in [0.717, 1.165) is 39.1 Å². The standard InChI is InChI=1S/C17H32N2O2/c1-15(14-19-8-3-2-4-9-19)18-16-5-10-21-17(13-16)6-11-20-12-7-17/h15-16,18H,2-14H2,1H3. The average molecular weight is 296 g/mol. The minimum absolute atomic E-state index is 0.110. The van der Waals surface area contributed by atoms with Crippen LogP contribution >= 0.6 is 0 Å². The van der Waals surface area contributed by atoms with E-state index < -0.39 is 0 Å². The molecule has 3 saturated heterocycles. The van der Waals surface area contributed by atoms with Crippen LogP contribution in [0.2, 0.25) is 0 Å². The first kappa shape index (κ1) is 15.7. The fraction of sp³-hybridized carbons (Fsp3) is 1.00. The van der Waals surface area contributed by atoms with Gasteiger partial charge in [-0.1, -0.05) is 6.42 Å². The molecule has 0 bridgehead atoms. The first-order valence-electron chi connectivity index (χ1n) is 8.96. The van der Waals surface area contributed by atoms with E-state index in [1.54, 1.807) is 0 Å². The third-order valence-corrected chi connectivity index (χ3v) is 5.40. The van der Waals surface area contributed by atoms with Gasteiger partial charge in [0.2, 0.25) is 0 Å². The van der Waals surface area contributed by atoms with E-state index in [-0.39, 0.29) is 5.60 Å². The highest BCUT2D eigenvalue weighted by Crippen LogP contribution is 2.34. The van der Waals surface area contributed by atoms with Gasteiger partial charge in [-0.25, -0.2) is 0 Å².